The predicted octanol–water partition coefficient (Wildman–Crippen LogP) is 3.23. The van der Waals surface area contributed by atoms with Gasteiger partial charge in [-0.3, -0.25) is 4.79 Å². The van der Waals surface area contributed by atoms with Crippen LogP contribution < -0.4 is 10.1 Å². The molecule has 0 aliphatic carbocycles. The van der Waals surface area contributed by atoms with Crippen LogP contribution in [0.4, 0.5) is 13.2 Å². The van der Waals surface area contributed by atoms with Crippen LogP contribution >= 0.6 is 0 Å². The van der Waals surface area contributed by atoms with E-state index in [0.29, 0.717) is 5.56 Å². The summed E-state index contributed by atoms with van der Waals surface area (Å²) in [5, 5.41) is 2.68. The lowest BCUT2D eigenvalue weighted by Gasteiger charge is -2.26. The van der Waals surface area contributed by atoms with E-state index < -0.39 is 33.7 Å². The molecule has 0 radical (unpaired) electrons. The summed E-state index contributed by atoms with van der Waals surface area (Å²) in [7, 11) is -2.58. The number of benzene rings is 2. The second kappa shape index (κ2) is 9.47. The third kappa shape index (κ3) is 5.22. The fourth-order valence-corrected chi connectivity index (χ4v) is 4.86. The number of carbonyl (C=O) groups excluding carboxylic acids is 1. The monoisotopic (exact) mass is 472 g/mol. The number of methoxy groups -OCH3 is 1. The number of nitrogens with zero attached hydrogens (tertiary/aromatic N) is 1. The highest BCUT2D eigenvalue weighted by atomic mass is 32.2. The van der Waals surface area contributed by atoms with Gasteiger partial charge in [-0.15, -0.1) is 0 Å². The van der Waals surface area contributed by atoms with Crippen molar-refractivity contribution in [3.63, 3.8) is 0 Å². The molecule has 2 aromatic carbocycles. The Morgan fingerprint density at radius 1 is 1.12 bits per heavy atom. The first-order valence-electron chi connectivity index (χ1n) is 9.78. The molecule has 0 bridgehead atoms. The Balaban J connectivity index is 1.81. The number of amides is 1. The van der Waals surface area contributed by atoms with Crippen LogP contribution in [0.25, 0.3) is 0 Å². The maximum atomic E-state index is 13.1. The molecule has 1 amide bonds. The molecule has 1 N–H and O–H groups in total. The van der Waals surface area contributed by atoms with Crippen molar-refractivity contribution in [3.05, 3.63) is 59.2 Å². The number of ether oxygens (including phenoxy) is 2. The van der Waals surface area contributed by atoms with Gasteiger partial charge in [-0.1, -0.05) is 12.1 Å². The van der Waals surface area contributed by atoms with E-state index in [9.17, 15) is 26.4 Å². The van der Waals surface area contributed by atoms with E-state index in [1.165, 1.54) is 41.7 Å². The molecular weight excluding hydrogens is 449 g/mol. The third-order valence-corrected chi connectivity index (χ3v) is 7.02. The lowest BCUT2D eigenvalue weighted by atomic mass is 10.1. The van der Waals surface area contributed by atoms with Crippen molar-refractivity contribution in [3.8, 4) is 5.75 Å². The van der Waals surface area contributed by atoms with E-state index in [0.717, 1.165) is 12.1 Å². The smallest absolute Gasteiger partial charge is 0.416 e. The van der Waals surface area contributed by atoms with Crippen molar-refractivity contribution in [2.24, 2.45) is 0 Å². The molecule has 1 heterocycles. The van der Waals surface area contributed by atoms with Gasteiger partial charge in [0.05, 0.1) is 31.9 Å². The number of halogens is 3. The van der Waals surface area contributed by atoms with Gasteiger partial charge >= 0.3 is 6.18 Å². The van der Waals surface area contributed by atoms with Gasteiger partial charge in [0, 0.05) is 18.7 Å². The van der Waals surface area contributed by atoms with Gasteiger partial charge in [0.25, 0.3) is 5.91 Å². The topological polar surface area (TPSA) is 84.9 Å². The van der Waals surface area contributed by atoms with Crippen LogP contribution in [0, 0.1) is 0 Å². The molecule has 1 aliphatic heterocycles. The molecule has 1 atom stereocenters. The lowest BCUT2D eigenvalue weighted by molar-refractivity contribution is -0.137. The zero-order valence-electron chi connectivity index (χ0n) is 17.5. The van der Waals surface area contributed by atoms with Gasteiger partial charge in [0.1, 0.15) is 10.6 Å². The summed E-state index contributed by atoms with van der Waals surface area (Å²) >= 11 is 0. The first-order chi connectivity index (χ1) is 15.0. The quantitative estimate of drug-likeness (QED) is 0.698. The Morgan fingerprint density at radius 3 is 2.31 bits per heavy atom. The van der Waals surface area contributed by atoms with Crippen molar-refractivity contribution in [2.45, 2.75) is 24.0 Å². The van der Waals surface area contributed by atoms with Crippen molar-refractivity contribution in [2.75, 3.05) is 33.4 Å². The number of carbonyl (C=O) groups is 1. The number of nitrogens with one attached hydrogen (secondary N) is 1. The molecule has 7 nitrogen and oxygen atoms in total. The Morgan fingerprint density at radius 2 is 1.75 bits per heavy atom. The second-order valence-corrected chi connectivity index (χ2v) is 9.10. The van der Waals surface area contributed by atoms with E-state index in [1.54, 1.807) is 6.92 Å². The van der Waals surface area contributed by atoms with Gasteiger partial charge in [-0.05, 0) is 42.8 Å². The zero-order valence-corrected chi connectivity index (χ0v) is 18.3. The number of hydrogen-bond donors (Lipinski definition) is 1. The van der Waals surface area contributed by atoms with E-state index in [-0.39, 0.29) is 42.5 Å². The highest BCUT2D eigenvalue weighted by Gasteiger charge is 2.31. The number of alkyl halides is 3. The minimum atomic E-state index is -4.45. The SMILES string of the molecule is COc1ccc(C(=O)NC(C)c2ccc(C(F)(F)F)cc2)cc1S(=O)(=O)N1CCOCC1. The van der Waals surface area contributed by atoms with Crippen molar-refractivity contribution < 1.29 is 35.9 Å². The van der Waals surface area contributed by atoms with Crippen LogP contribution in [0.5, 0.6) is 5.75 Å². The summed E-state index contributed by atoms with van der Waals surface area (Å²) < 4.78 is 76.0. The standard InChI is InChI=1S/C21H23F3N2O5S/c1-14(15-3-6-17(7-4-15)21(22,23)24)25-20(27)16-5-8-18(30-2)19(13-16)32(28,29)26-9-11-31-12-10-26/h3-8,13-14H,9-12H2,1-2H3,(H,25,27). The maximum Gasteiger partial charge on any atom is 0.416 e. The van der Waals surface area contributed by atoms with Crippen LogP contribution in [0.15, 0.2) is 47.4 Å². The fraction of sp³-hybridized carbons (Fsp3) is 0.381. The largest absolute Gasteiger partial charge is 0.495 e. The average molecular weight is 472 g/mol. The summed E-state index contributed by atoms with van der Waals surface area (Å²) in [5.74, 6) is -0.470. The maximum absolute atomic E-state index is 13.1. The molecular formula is C21H23F3N2O5S. The molecule has 1 unspecified atom stereocenters. The van der Waals surface area contributed by atoms with Crippen LogP contribution in [0.1, 0.15) is 34.5 Å². The minimum Gasteiger partial charge on any atom is -0.495 e. The molecule has 0 saturated carbocycles. The van der Waals surface area contributed by atoms with Gasteiger partial charge in [0.2, 0.25) is 10.0 Å². The summed E-state index contributed by atoms with van der Waals surface area (Å²) in [4.78, 5) is 12.6. The highest BCUT2D eigenvalue weighted by molar-refractivity contribution is 7.89. The van der Waals surface area contributed by atoms with E-state index in [4.69, 9.17) is 9.47 Å². The van der Waals surface area contributed by atoms with Crippen LogP contribution in [0.2, 0.25) is 0 Å². The minimum absolute atomic E-state index is 0.0800. The van der Waals surface area contributed by atoms with Crippen LogP contribution in [-0.2, 0) is 20.9 Å². The Kier molecular flexibility index (Phi) is 7.11. The third-order valence-electron chi connectivity index (χ3n) is 5.10. The summed E-state index contributed by atoms with van der Waals surface area (Å²) in [5.41, 5.74) is -0.231. The Hall–Kier alpha value is -2.63. The fourth-order valence-electron chi connectivity index (χ4n) is 3.27. The summed E-state index contributed by atoms with van der Waals surface area (Å²) in [6.07, 6.45) is -4.45. The van der Waals surface area contributed by atoms with E-state index >= 15 is 0 Å². The number of morpholine rings is 1. The molecule has 32 heavy (non-hydrogen) atoms. The van der Waals surface area contributed by atoms with Gasteiger partial charge < -0.3 is 14.8 Å². The van der Waals surface area contributed by atoms with Gasteiger partial charge in [-0.25, -0.2) is 8.42 Å². The summed E-state index contributed by atoms with van der Waals surface area (Å²) in [6.45, 7) is 2.54. The number of hydrogen-bond acceptors (Lipinski definition) is 5. The molecule has 0 aromatic heterocycles. The molecule has 3 rings (SSSR count). The predicted molar refractivity (Wildman–Crippen MR) is 110 cm³/mol. The second-order valence-electron chi connectivity index (χ2n) is 7.20. The first-order valence-corrected chi connectivity index (χ1v) is 11.2. The van der Waals surface area contributed by atoms with Crippen molar-refractivity contribution >= 4 is 15.9 Å². The molecule has 1 aliphatic rings. The molecule has 2 aromatic rings. The molecule has 174 valence electrons. The van der Waals surface area contributed by atoms with Crippen molar-refractivity contribution in [1.29, 1.82) is 0 Å². The molecule has 1 fully saturated rings. The summed E-state index contributed by atoms with van der Waals surface area (Å²) in [6, 6.07) is 7.91. The van der Waals surface area contributed by atoms with Gasteiger partial charge in [0.15, 0.2) is 0 Å². The molecule has 1 saturated heterocycles. The number of rotatable bonds is 6. The molecule has 11 heteroatoms. The Labute approximate surface area is 184 Å². The van der Waals surface area contributed by atoms with Gasteiger partial charge in [-0.2, -0.15) is 17.5 Å². The molecule has 0 spiro atoms. The zero-order chi connectivity index (χ0) is 23.5. The number of sulfonamides is 1. The van der Waals surface area contributed by atoms with E-state index in [2.05, 4.69) is 5.32 Å². The average Bonchev–Trinajstić information content (AvgIpc) is 2.78. The highest BCUT2D eigenvalue weighted by Crippen LogP contribution is 2.31. The van der Waals surface area contributed by atoms with Crippen LogP contribution in [-0.4, -0.2) is 52.0 Å². The lowest BCUT2D eigenvalue weighted by Crippen LogP contribution is -2.40. The Bertz CT molecular complexity index is 1070. The van der Waals surface area contributed by atoms with Crippen molar-refractivity contribution in [1.82, 2.24) is 9.62 Å². The van der Waals surface area contributed by atoms with Crippen LogP contribution in [0.3, 0.4) is 0 Å². The normalized spacial score (nSPS) is 16.4. The first kappa shape index (κ1) is 24.0. The van der Waals surface area contributed by atoms with E-state index in [1.807, 2.05) is 0 Å².